The number of carbonyl (C=O) groups is 1. The maximum atomic E-state index is 13.2. The van der Waals surface area contributed by atoms with Gasteiger partial charge in [0.2, 0.25) is 5.91 Å². The van der Waals surface area contributed by atoms with E-state index in [-0.39, 0.29) is 5.91 Å². The van der Waals surface area contributed by atoms with E-state index in [4.69, 9.17) is 16.3 Å². The second-order valence-corrected chi connectivity index (χ2v) is 7.04. The van der Waals surface area contributed by atoms with Crippen molar-refractivity contribution in [2.24, 2.45) is 0 Å². The SMILES string of the molecule is CCOc1ccc(NC(=O)C2(c3ccccc3Cl)CCCC2)cc1C. The van der Waals surface area contributed by atoms with E-state index in [2.05, 4.69) is 5.32 Å². The highest BCUT2D eigenvalue weighted by molar-refractivity contribution is 6.31. The summed E-state index contributed by atoms with van der Waals surface area (Å²) in [5.41, 5.74) is 2.21. The molecule has 1 aliphatic carbocycles. The van der Waals surface area contributed by atoms with Crippen LogP contribution in [-0.2, 0) is 10.2 Å². The molecule has 0 radical (unpaired) electrons. The lowest BCUT2D eigenvalue weighted by Gasteiger charge is -2.29. The zero-order valence-corrected chi connectivity index (χ0v) is 15.5. The lowest BCUT2D eigenvalue weighted by atomic mass is 9.78. The average molecular weight is 358 g/mol. The number of amides is 1. The number of hydrogen-bond acceptors (Lipinski definition) is 2. The fraction of sp³-hybridized carbons (Fsp3) is 0.381. The highest BCUT2D eigenvalue weighted by atomic mass is 35.5. The standard InChI is InChI=1S/C21H24ClNO2/c1-3-25-19-11-10-16(14-15(19)2)23-20(24)21(12-6-7-13-21)17-8-4-5-9-18(17)22/h4-5,8-11,14H,3,6-7,12-13H2,1-2H3,(H,23,24). The summed E-state index contributed by atoms with van der Waals surface area (Å²) in [4.78, 5) is 13.2. The zero-order valence-electron chi connectivity index (χ0n) is 14.8. The molecular formula is C21H24ClNO2. The Labute approximate surface area is 154 Å². The van der Waals surface area contributed by atoms with Crippen molar-refractivity contribution >= 4 is 23.2 Å². The largest absolute Gasteiger partial charge is 0.494 e. The van der Waals surface area contributed by atoms with Crippen molar-refractivity contribution in [3.63, 3.8) is 0 Å². The highest BCUT2D eigenvalue weighted by Gasteiger charge is 2.43. The molecule has 0 unspecified atom stereocenters. The monoisotopic (exact) mass is 357 g/mol. The maximum absolute atomic E-state index is 13.2. The predicted molar refractivity (Wildman–Crippen MR) is 103 cm³/mol. The van der Waals surface area contributed by atoms with Crippen molar-refractivity contribution in [1.29, 1.82) is 0 Å². The number of nitrogens with one attached hydrogen (secondary N) is 1. The summed E-state index contributed by atoms with van der Waals surface area (Å²) < 4.78 is 5.57. The van der Waals surface area contributed by atoms with Crippen molar-refractivity contribution in [2.75, 3.05) is 11.9 Å². The lowest BCUT2D eigenvalue weighted by molar-refractivity contribution is -0.121. The van der Waals surface area contributed by atoms with Crippen LogP contribution >= 0.6 is 11.6 Å². The molecule has 25 heavy (non-hydrogen) atoms. The fourth-order valence-corrected chi connectivity index (χ4v) is 4.06. The Hall–Kier alpha value is -2.00. The number of rotatable bonds is 5. The molecule has 1 amide bonds. The van der Waals surface area contributed by atoms with E-state index in [1.807, 2.05) is 56.3 Å². The van der Waals surface area contributed by atoms with Gasteiger partial charge in [-0.3, -0.25) is 4.79 Å². The predicted octanol–water partition coefficient (Wildman–Crippen LogP) is 5.50. The first-order valence-electron chi connectivity index (χ1n) is 8.87. The van der Waals surface area contributed by atoms with Crippen molar-refractivity contribution in [2.45, 2.75) is 44.9 Å². The number of aryl methyl sites for hydroxylation is 1. The van der Waals surface area contributed by atoms with Crippen LogP contribution in [0.25, 0.3) is 0 Å². The van der Waals surface area contributed by atoms with Crippen LogP contribution in [0.1, 0.15) is 43.7 Å². The van der Waals surface area contributed by atoms with E-state index in [0.29, 0.717) is 11.6 Å². The van der Waals surface area contributed by atoms with Gasteiger partial charge in [-0.1, -0.05) is 42.6 Å². The van der Waals surface area contributed by atoms with Crippen LogP contribution in [0.4, 0.5) is 5.69 Å². The van der Waals surface area contributed by atoms with Crippen LogP contribution < -0.4 is 10.1 Å². The van der Waals surface area contributed by atoms with Crippen molar-refractivity contribution < 1.29 is 9.53 Å². The molecule has 0 heterocycles. The third-order valence-corrected chi connectivity index (χ3v) is 5.34. The minimum absolute atomic E-state index is 0.0293. The van der Waals surface area contributed by atoms with Gasteiger partial charge in [-0.05, 0) is 62.1 Å². The summed E-state index contributed by atoms with van der Waals surface area (Å²) in [5, 5.41) is 3.78. The van der Waals surface area contributed by atoms with E-state index >= 15 is 0 Å². The first-order valence-corrected chi connectivity index (χ1v) is 9.24. The number of anilines is 1. The van der Waals surface area contributed by atoms with Gasteiger partial charge in [-0.15, -0.1) is 0 Å². The van der Waals surface area contributed by atoms with Crippen molar-refractivity contribution in [1.82, 2.24) is 0 Å². The van der Waals surface area contributed by atoms with Crippen LogP contribution in [0.3, 0.4) is 0 Å². The number of benzene rings is 2. The fourth-order valence-electron chi connectivity index (χ4n) is 3.74. The Morgan fingerprint density at radius 3 is 2.56 bits per heavy atom. The minimum atomic E-state index is -0.537. The summed E-state index contributed by atoms with van der Waals surface area (Å²) in [7, 11) is 0. The van der Waals surface area contributed by atoms with E-state index < -0.39 is 5.41 Å². The quantitative estimate of drug-likeness (QED) is 0.767. The third kappa shape index (κ3) is 3.52. The Bertz CT molecular complexity index is 766. The third-order valence-electron chi connectivity index (χ3n) is 5.01. The van der Waals surface area contributed by atoms with Gasteiger partial charge in [0.05, 0.1) is 12.0 Å². The first-order chi connectivity index (χ1) is 12.1. The normalized spacial score (nSPS) is 15.8. The van der Waals surface area contributed by atoms with E-state index in [1.165, 1.54) is 0 Å². The van der Waals surface area contributed by atoms with Gasteiger partial charge in [0.15, 0.2) is 0 Å². The molecule has 2 aromatic rings. The van der Waals surface area contributed by atoms with Crippen LogP contribution in [0.2, 0.25) is 5.02 Å². The van der Waals surface area contributed by atoms with Gasteiger partial charge in [0.1, 0.15) is 5.75 Å². The molecule has 3 nitrogen and oxygen atoms in total. The molecule has 0 atom stereocenters. The molecule has 0 aliphatic heterocycles. The average Bonchev–Trinajstić information content (AvgIpc) is 3.09. The molecule has 2 aromatic carbocycles. The lowest BCUT2D eigenvalue weighted by Crippen LogP contribution is -2.38. The van der Waals surface area contributed by atoms with Gasteiger partial charge in [0, 0.05) is 10.7 Å². The minimum Gasteiger partial charge on any atom is -0.494 e. The summed E-state index contributed by atoms with van der Waals surface area (Å²) in [6.07, 6.45) is 3.75. The summed E-state index contributed by atoms with van der Waals surface area (Å²) in [6.45, 7) is 4.57. The number of hydrogen-bond donors (Lipinski definition) is 1. The van der Waals surface area contributed by atoms with E-state index in [0.717, 1.165) is 48.2 Å². The Balaban J connectivity index is 1.88. The van der Waals surface area contributed by atoms with Gasteiger partial charge < -0.3 is 10.1 Å². The molecule has 0 saturated heterocycles. The molecule has 1 aliphatic rings. The molecular weight excluding hydrogens is 334 g/mol. The number of halogens is 1. The highest BCUT2D eigenvalue weighted by Crippen LogP contribution is 2.44. The van der Waals surface area contributed by atoms with Crippen molar-refractivity contribution in [3.8, 4) is 5.75 Å². The zero-order chi connectivity index (χ0) is 17.9. The smallest absolute Gasteiger partial charge is 0.235 e. The van der Waals surface area contributed by atoms with Gasteiger partial charge in [0.25, 0.3) is 0 Å². The van der Waals surface area contributed by atoms with Gasteiger partial charge >= 0.3 is 0 Å². The molecule has 1 saturated carbocycles. The van der Waals surface area contributed by atoms with Crippen molar-refractivity contribution in [3.05, 3.63) is 58.6 Å². The molecule has 0 aromatic heterocycles. The van der Waals surface area contributed by atoms with Crippen LogP contribution in [0, 0.1) is 6.92 Å². The molecule has 3 rings (SSSR count). The summed E-state index contributed by atoms with van der Waals surface area (Å²) in [5.74, 6) is 0.879. The first kappa shape index (κ1) is 17.8. The topological polar surface area (TPSA) is 38.3 Å². The molecule has 4 heteroatoms. The van der Waals surface area contributed by atoms with Crippen LogP contribution in [0.15, 0.2) is 42.5 Å². The van der Waals surface area contributed by atoms with E-state index in [9.17, 15) is 4.79 Å². The molecule has 1 fully saturated rings. The molecule has 0 bridgehead atoms. The van der Waals surface area contributed by atoms with Gasteiger partial charge in [-0.2, -0.15) is 0 Å². The molecule has 132 valence electrons. The van der Waals surface area contributed by atoms with Crippen LogP contribution in [0.5, 0.6) is 5.75 Å². The summed E-state index contributed by atoms with van der Waals surface area (Å²) in [6, 6.07) is 13.5. The molecule has 0 spiro atoms. The molecule has 1 N–H and O–H groups in total. The van der Waals surface area contributed by atoms with Gasteiger partial charge in [-0.25, -0.2) is 0 Å². The second-order valence-electron chi connectivity index (χ2n) is 6.64. The Morgan fingerprint density at radius 2 is 1.92 bits per heavy atom. The Kier molecular flexibility index (Phi) is 5.33. The van der Waals surface area contributed by atoms with E-state index in [1.54, 1.807) is 0 Å². The summed E-state index contributed by atoms with van der Waals surface area (Å²) >= 11 is 6.43. The maximum Gasteiger partial charge on any atom is 0.235 e. The Morgan fingerprint density at radius 1 is 1.20 bits per heavy atom. The second kappa shape index (κ2) is 7.49. The number of carbonyl (C=O) groups excluding carboxylic acids is 1. The number of ether oxygens (including phenoxy) is 1. The van der Waals surface area contributed by atoms with Crippen LogP contribution in [-0.4, -0.2) is 12.5 Å².